The molecule has 1 N–H and O–H groups in total. The molecule has 1 aromatic heterocycles. The third-order valence-electron chi connectivity index (χ3n) is 3.21. The van der Waals surface area contributed by atoms with E-state index in [9.17, 15) is 5.11 Å². The average Bonchev–Trinajstić information content (AvgIpc) is 2.55. The van der Waals surface area contributed by atoms with Gasteiger partial charge in [-0.05, 0) is 24.1 Å². The first-order valence-electron chi connectivity index (χ1n) is 6.93. The highest BCUT2D eigenvalue weighted by Crippen LogP contribution is 2.15. The van der Waals surface area contributed by atoms with E-state index in [0.29, 0.717) is 25.3 Å². The summed E-state index contributed by atoms with van der Waals surface area (Å²) < 4.78 is 0. The molecule has 2 rings (SSSR count). The SMILES string of the molecule is CCC(O)CN(Cc1ccccc1)c1ccc(C#N)nn1. The van der Waals surface area contributed by atoms with Crippen LogP contribution >= 0.6 is 0 Å². The van der Waals surface area contributed by atoms with Crippen LogP contribution in [0.25, 0.3) is 0 Å². The molecule has 0 aliphatic heterocycles. The summed E-state index contributed by atoms with van der Waals surface area (Å²) in [5.41, 5.74) is 1.42. The van der Waals surface area contributed by atoms with Crippen molar-refractivity contribution < 1.29 is 5.11 Å². The fraction of sp³-hybridized carbons (Fsp3) is 0.312. The van der Waals surface area contributed by atoms with Crippen molar-refractivity contribution >= 4 is 5.82 Å². The molecule has 0 aliphatic rings. The lowest BCUT2D eigenvalue weighted by molar-refractivity contribution is 0.175. The number of hydrogen-bond donors (Lipinski definition) is 1. The van der Waals surface area contributed by atoms with Crippen LogP contribution in [0.1, 0.15) is 24.6 Å². The molecule has 0 bridgehead atoms. The maximum Gasteiger partial charge on any atom is 0.163 e. The van der Waals surface area contributed by atoms with Gasteiger partial charge in [-0.3, -0.25) is 0 Å². The van der Waals surface area contributed by atoms with E-state index in [0.717, 1.165) is 5.56 Å². The zero-order chi connectivity index (χ0) is 15.1. The van der Waals surface area contributed by atoms with E-state index in [-0.39, 0.29) is 5.69 Å². The molecular weight excluding hydrogens is 264 g/mol. The molecule has 1 unspecified atom stereocenters. The number of aliphatic hydroxyl groups is 1. The van der Waals surface area contributed by atoms with Gasteiger partial charge in [-0.25, -0.2) is 0 Å². The third-order valence-corrected chi connectivity index (χ3v) is 3.21. The molecule has 1 heterocycles. The quantitative estimate of drug-likeness (QED) is 0.878. The molecule has 1 atom stereocenters. The zero-order valence-electron chi connectivity index (χ0n) is 12.0. The van der Waals surface area contributed by atoms with Gasteiger partial charge in [0.15, 0.2) is 11.5 Å². The van der Waals surface area contributed by atoms with Gasteiger partial charge in [0, 0.05) is 13.1 Å². The van der Waals surface area contributed by atoms with Crippen LogP contribution in [0.2, 0.25) is 0 Å². The molecule has 0 saturated heterocycles. The second kappa shape index (κ2) is 7.36. The lowest BCUT2D eigenvalue weighted by atomic mass is 10.2. The molecule has 5 nitrogen and oxygen atoms in total. The van der Waals surface area contributed by atoms with Crippen LogP contribution < -0.4 is 4.90 Å². The van der Waals surface area contributed by atoms with Gasteiger partial charge in [-0.15, -0.1) is 10.2 Å². The Hall–Kier alpha value is -2.45. The highest BCUT2D eigenvalue weighted by molar-refractivity contribution is 5.40. The van der Waals surface area contributed by atoms with E-state index in [4.69, 9.17) is 5.26 Å². The van der Waals surface area contributed by atoms with Crippen LogP contribution in [-0.4, -0.2) is 28.0 Å². The van der Waals surface area contributed by atoms with Crippen molar-refractivity contribution in [3.63, 3.8) is 0 Å². The van der Waals surface area contributed by atoms with Crippen molar-refractivity contribution in [3.05, 3.63) is 53.7 Å². The number of anilines is 1. The molecule has 1 aromatic carbocycles. The van der Waals surface area contributed by atoms with Crippen LogP contribution in [0.3, 0.4) is 0 Å². The molecule has 0 spiro atoms. The zero-order valence-corrected chi connectivity index (χ0v) is 12.0. The van der Waals surface area contributed by atoms with Gasteiger partial charge in [-0.1, -0.05) is 37.3 Å². The van der Waals surface area contributed by atoms with Gasteiger partial charge in [0.2, 0.25) is 0 Å². The van der Waals surface area contributed by atoms with Crippen molar-refractivity contribution in [2.45, 2.75) is 26.0 Å². The monoisotopic (exact) mass is 282 g/mol. The molecule has 0 saturated carbocycles. The summed E-state index contributed by atoms with van der Waals surface area (Å²) in [6, 6.07) is 15.3. The molecule has 0 fully saturated rings. The van der Waals surface area contributed by atoms with Crippen LogP contribution in [0.15, 0.2) is 42.5 Å². The standard InChI is InChI=1S/C16H18N4O/c1-2-15(21)12-20(11-13-6-4-3-5-7-13)16-9-8-14(10-17)18-19-16/h3-9,15,21H,2,11-12H2,1H3. The first-order valence-corrected chi connectivity index (χ1v) is 6.93. The Morgan fingerprint density at radius 1 is 1.19 bits per heavy atom. The normalized spacial score (nSPS) is 11.7. The van der Waals surface area contributed by atoms with E-state index >= 15 is 0 Å². The van der Waals surface area contributed by atoms with Gasteiger partial charge < -0.3 is 10.0 Å². The van der Waals surface area contributed by atoms with Crippen LogP contribution in [0, 0.1) is 11.3 Å². The molecule has 108 valence electrons. The van der Waals surface area contributed by atoms with Crippen molar-refractivity contribution in [3.8, 4) is 6.07 Å². The summed E-state index contributed by atoms with van der Waals surface area (Å²) in [5.74, 6) is 0.658. The van der Waals surface area contributed by atoms with Gasteiger partial charge in [0.1, 0.15) is 6.07 Å². The Balaban J connectivity index is 2.20. The highest BCUT2D eigenvalue weighted by atomic mass is 16.3. The summed E-state index contributed by atoms with van der Waals surface area (Å²) in [6.45, 7) is 3.06. The fourth-order valence-electron chi connectivity index (χ4n) is 1.98. The molecule has 5 heteroatoms. The Labute approximate surface area is 124 Å². The number of benzene rings is 1. The Kier molecular flexibility index (Phi) is 5.24. The van der Waals surface area contributed by atoms with Crippen molar-refractivity contribution in [2.75, 3.05) is 11.4 Å². The Bertz CT molecular complexity index is 592. The fourth-order valence-corrected chi connectivity index (χ4v) is 1.98. The number of hydrogen-bond acceptors (Lipinski definition) is 5. The maximum atomic E-state index is 9.93. The number of aliphatic hydroxyl groups excluding tert-OH is 1. The minimum Gasteiger partial charge on any atom is -0.391 e. The number of nitriles is 1. The van der Waals surface area contributed by atoms with Crippen LogP contribution in [0.4, 0.5) is 5.82 Å². The molecule has 2 aromatic rings. The molecule has 0 radical (unpaired) electrons. The van der Waals surface area contributed by atoms with Crippen molar-refractivity contribution in [2.24, 2.45) is 0 Å². The lowest BCUT2D eigenvalue weighted by Crippen LogP contribution is -2.32. The molecule has 21 heavy (non-hydrogen) atoms. The predicted molar refractivity (Wildman–Crippen MR) is 80.5 cm³/mol. The molecule has 0 aliphatic carbocycles. The van der Waals surface area contributed by atoms with E-state index in [1.54, 1.807) is 12.1 Å². The van der Waals surface area contributed by atoms with Crippen molar-refractivity contribution in [1.29, 1.82) is 5.26 Å². The summed E-state index contributed by atoms with van der Waals surface area (Å²) in [5, 5.41) is 26.6. The minimum absolute atomic E-state index is 0.287. The first-order chi connectivity index (χ1) is 10.2. The first kappa shape index (κ1) is 14.9. The van der Waals surface area contributed by atoms with E-state index < -0.39 is 6.10 Å². The predicted octanol–water partition coefficient (Wildman–Crippen LogP) is 2.13. The van der Waals surface area contributed by atoms with Gasteiger partial charge in [-0.2, -0.15) is 5.26 Å². The van der Waals surface area contributed by atoms with E-state index in [1.165, 1.54) is 0 Å². The average molecular weight is 282 g/mol. The van der Waals surface area contributed by atoms with E-state index in [2.05, 4.69) is 10.2 Å². The largest absolute Gasteiger partial charge is 0.391 e. The lowest BCUT2D eigenvalue weighted by Gasteiger charge is -2.25. The van der Waals surface area contributed by atoms with Crippen molar-refractivity contribution in [1.82, 2.24) is 10.2 Å². The highest BCUT2D eigenvalue weighted by Gasteiger charge is 2.13. The maximum absolute atomic E-state index is 9.93. The third kappa shape index (κ3) is 4.26. The minimum atomic E-state index is -0.425. The summed E-state index contributed by atoms with van der Waals surface area (Å²) in [4.78, 5) is 1.97. The second-order valence-corrected chi connectivity index (χ2v) is 4.82. The number of aromatic nitrogens is 2. The summed E-state index contributed by atoms with van der Waals surface area (Å²) in [7, 11) is 0. The van der Waals surface area contributed by atoms with Gasteiger partial charge in [0.25, 0.3) is 0 Å². The molecular formula is C16H18N4O. The van der Waals surface area contributed by atoms with Gasteiger partial charge in [0.05, 0.1) is 6.10 Å². The smallest absolute Gasteiger partial charge is 0.163 e. The topological polar surface area (TPSA) is 73.0 Å². The molecule has 0 amide bonds. The summed E-state index contributed by atoms with van der Waals surface area (Å²) in [6.07, 6.45) is 0.251. The number of rotatable bonds is 6. The van der Waals surface area contributed by atoms with Gasteiger partial charge >= 0.3 is 0 Å². The Morgan fingerprint density at radius 2 is 1.95 bits per heavy atom. The second-order valence-electron chi connectivity index (χ2n) is 4.82. The van der Waals surface area contributed by atoms with E-state index in [1.807, 2.05) is 48.2 Å². The van der Waals surface area contributed by atoms with Crippen LogP contribution in [0.5, 0.6) is 0 Å². The number of nitrogens with zero attached hydrogens (tertiary/aromatic N) is 4. The van der Waals surface area contributed by atoms with Crippen LogP contribution in [-0.2, 0) is 6.54 Å². The Morgan fingerprint density at radius 3 is 2.52 bits per heavy atom. The summed E-state index contributed by atoms with van der Waals surface area (Å²) >= 11 is 0.